The van der Waals surface area contributed by atoms with E-state index in [2.05, 4.69) is 35.9 Å². The molecular formula is C14H31N3. The maximum absolute atomic E-state index is 3.47. The number of nitrogens with one attached hydrogen (secondary N) is 1. The van der Waals surface area contributed by atoms with Crippen LogP contribution in [-0.4, -0.2) is 61.7 Å². The molecular weight excluding hydrogens is 210 g/mol. The Balaban J connectivity index is 1.95. The third-order valence-electron chi connectivity index (χ3n) is 3.64. The topological polar surface area (TPSA) is 18.5 Å². The van der Waals surface area contributed by atoms with Gasteiger partial charge in [-0.2, -0.15) is 0 Å². The van der Waals surface area contributed by atoms with E-state index in [1.807, 2.05) is 0 Å². The van der Waals surface area contributed by atoms with Gasteiger partial charge in [0.15, 0.2) is 0 Å². The zero-order chi connectivity index (χ0) is 12.5. The summed E-state index contributed by atoms with van der Waals surface area (Å²) >= 11 is 0. The lowest BCUT2D eigenvalue weighted by Gasteiger charge is -2.36. The molecule has 1 rings (SSSR count). The quantitative estimate of drug-likeness (QED) is 0.654. The van der Waals surface area contributed by atoms with Gasteiger partial charge < -0.3 is 10.2 Å². The predicted octanol–water partition coefficient (Wildman–Crippen LogP) is 1.79. The molecule has 1 heterocycles. The maximum Gasteiger partial charge on any atom is 0.0113 e. The maximum atomic E-state index is 3.47. The zero-order valence-corrected chi connectivity index (χ0v) is 12.0. The first-order valence-corrected chi connectivity index (χ1v) is 7.41. The summed E-state index contributed by atoms with van der Waals surface area (Å²) in [6.45, 7) is 15.5. The summed E-state index contributed by atoms with van der Waals surface area (Å²) in [6.07, 6.45) is 3.92. The predicted molar refractivity (Wildman–Crippen MR) is 75.5 cm³/mol. The third-order valence-corrected chi connectivity index (χ3v) is 3.64. The number of hydrogen-bond acceptors (Lipinski definition) is 3. The van der Waals surface area contributed by atoms with Gasteiger partial charge in [-0.05, 0) is 52.7 Å². The standard InChI is InChI=1S/C14H31N3/c1-4-7-15-8-5-6-9-16-10-12-17(13-11-16)14(2)3/h14-15H,4-13H2,1-3H3. The largest absolute Gasteiger partial charge is 0.317 e. The molecule has 3 heteroatoms. The normalized spacial score (nSPS) is 19.1. The molecule has 1 saturated heterocycles. The minimum Gasteiger partial charge on any atom is -0.317 e. The van der Waals surface area contributed by atoms with Gasteiger partial charge in [0.1, 0.15) is 0 Å². The summed E-state index contributed by atoms with van der Waals surface area (Å²) in [5.74, 6) is 0. The fourth-order valence-corrected chi connectivity index (χ4v) is 2.39. The van der Waals surface area contributed by atoms with E-state index in [0.29, 0.717) is 0 Å². The SMILES string of the molecule is CCCNCCCCN1CCN(C(C)C)CC1. The van der Waals surface area contributed by atoms with Crippen LogP contribution in [0.5, 0.6) is 0 Å². The molecule has 0 bridgehead atoms. The second-order valence-corrected chi connectivity index (χ2v) is 5.43. The van der Waals surface area contributed by atoms with Crippen LogP contribution in [0.3, 0.4) is 0 Å². The van der Waals surface area contributed by atoms with Gasteiger partial charge >= 0.3 is 0 Å². The minimum absolute atomic E-state index is 0.718. The molecule has 1 N–H and O–H groups in total. The van der Waals surface area contributed by atoms with E-state index in [-0.39, 0.29) is 0 Å². The van der Waals surface area contributed by atoms with Crippen LogP contribution in [0.25, 0.3) is 0 Å². The molecule has 102 valence electrons. The van der Waals surface area contributed by atoms with Crippen LogP contribution in [0, 0.1) is 0 Å². The molecule has 1 fully saturated rings. The van der Waals surface area contributed by atoms with E-state index in [1.54, 1.807) is 0 Å². The van der Waals surface area contributed by atoms with Crippen molar-refractivity contribution in [2.45, 2.75) is 46.1 Å². The van der Waals surface area contributed by atoms with Gasteiger partial charge in [0.25, 0.3) is 0 Å². The summed E-state index contributed by atoms with van der Waals surface area (Å²) in [7, 11) is 0. The Labute approximate surface area is 108 Å². The van der Waals surface area contributed by atoms with E-state index in [1.165, 1.54) is 65.1 Å². The molecule has 0 saturated carbocycles. The summed E-state index contributed by atoms with van der Waals surface area (Å²) in [5.41, 5.74) is 0. The van der Waals surface area contributed by atoms with E-state index in [9.17, 15) is 0 Å². The van der Waals surface area contributed by atoms with Crippen LogP contribution in [-0.2, 0) is 0 Å². The lowest BCUT2D eigenvalue weighted by atomic mass is 10.2. The van der Waals surface area contributed by atoms with Gasteiger partial charge in [-0.3, -0.25) is 4.90 Å². The molecule has 0 aliphatic carbocycles. The number of piperazine rings is 1. The zero-order valence-electron chi connectivity index (χ0n) is 12.0. The molecule has 3 nitrogen and oxygen atoms in total. The fourth-order valence-electron chi connectivity index (χ4n) is 2.39. The molecule has 1 aliphatic heterocycles. The molecule has 1 aliphatic rings. The van der Waals surface area contributed by atoms with Crippen LogP contribution < -0.4 is 5.32 Å². The van der Waals surface area contributed by atoms with Crippen molar-refractivity contribution in [1.29, 1.82) is 0 Å². The van der Waals surface area contributed by atoms with Crippen LogP contribution in [0.4, 0.5) is 0 Å². The highest BCUT2D eigenvalue weighted by molar-refractivity contribution is 4.74. The fraction of sp³-hybridized carbons (Fsp3) is 1.00. The molecule has 0 spiro atoms. The molecule has 0 atom stereocenters. The Bertz CT molecular complexity index is 174. The number of nitrogens with zero attached hydrogens (tertiary/aromatic N) is 2. The second kappa shape index (κ2) is 8.90. The highest BCUT2D eigenvalue weighted by atomic mass is 15.3. The van der Waals surface area contributed by atoms with Crippen molar-refractivity contribution in [3.63, 3.8) is 0 Å². The van der Waals surface area contributed by atoms with Gasteiger partial charge in [-0.25, -0.2) is 0 Å². The second-order valence-electron chi connectivity index (χ2n) is 5.43. The molecule has 0 aromatic rings. The van der Waals surface area contributed by atoms with E-state index in [0.717, 1.165) is 6.04 Å². The minimum atomic E-state index is 0.718. The van der Waals surface area contributed by atoms with Crippen molar-refractivity contribution >= 4 is 0 Å². The van der Waals surface area contributed by atoms with Gasteiger partial charge in [0.2, 0.25) is 0 Å². The summed E-state index contributed by atoms with van der Waals surface area (Å²) < 4.78 is 0. The Hall–Kier alpha value is -0.120. The van der Waals surface area contributed by atoms with Crippen LogP contribution in [0.15, 0.2) is 0 Å². The molecule has 0 amide bonds. The lowest BCUT2D eigenvalue weighted by molar-refractivity contribution is 0.107. The van der Waals surface area contributed by atoms with Crippen molar-refractivity contribution in [2.75, 3.05) is 45.8 Å². The van der Waals surface area contributed by atoms with E-state index in [4.69, 9.17) is 0 Å². The number of unbranched alkanes of at least 4 members (excludes halogenated alkanes) is 1. The number of rotatable bonds is 8. The highest BCUT2D eigenvalue weighted by Crippen LogP contribution is 2.06. The van der Waals surface area contributed by atoms with Crippen LogP contribution in [0.2, 0.25) is 0 Å². The Morgan fingerprint density at radius 3 is 2.29 bits per heavy atom. The Morgan fingerprint density at radius 2 is 1.71 bits per heavy atom. The van der Waals surface area contributed by atoms with Crippen molar-refractivity contribution < 1.29 is 0 Å². The highest BCUT2D eigenvalue weighted by Gasteiger charge is 2.17. The Kier molecular flexibility index (Phi) is 7.82. The van der Waals surface area contributed by atoms with Crippen LogP contribution >= 0.6 is 0 Å². The van der Waals surface area contributed by atoms with Crippen molar-refractivity contribution in [2.24, 2.45) is 0 Å². The van der Waals surface area contributed by atoms with Crippen molar-refractivity contribution in [3.05, 3.63) is 0 Å². The van der Waals surface area contributed by atoms with Crippen molar-refractivity contribution in [3.8, 4) is 0 Å². The first kappa shape index (κ1) is 14.9. The summed E-state index contributed by atoms with van der Waals surface area (Å²) in [6, 6.07) is 0.718. The van der Waals surface area contributed by atoms with Gasteiger partial charge in [0.05, 0.1) is 0 Å². The first-order chi connectivity index (χ1) is 8.24. The lowest BCUT2D eigenvalue weighted by Crippen LogP contribution is -2.48. The van der Waals surface area contributed by atoms with Gasteiger partial charge in [-0.1, -0.05) is 6.92 Å². The smallest absolute Gasteiger partial charge is 0.0113 e. The number of hydrogen-bond donors (Lipinski definition) is 1. The molecule has 17 heavy (non-hydrogen) atoms. The molecule has 0 unspecified atom stereocenters. The third kappa shape index (κ3) is 6.39. The van der Waals surface area contributed by atoms with E-state index < -0.39 is 0 Å². The first-order valence-electron chi connectivity index (χ1n) is 7.41. The summed E-state index contributed by atoms with van der Waals surface area (Å²) in [5, 5.41) is 3.47. The van der Waals surface area contributed by atoms with Gasteiger partial charge in [0, 0.05) is 32.2 Å². The molecule has 0 aromatic heterocycles. The monoisotopic (exact) mass is 241 g/mol. The van der Waals surface area contributed by atoms with E-state index >= 15 is 0 Å². The molecule has 0 aromatic carbocycles. The molecule has 0 radical (unpaired) electrons. The van der Waals surface area contributed by atoms with Crippen LogP contribution in [0.1, 0.15) is 40.0 Å². The van der Waals surface area contributed by atoms with Crippen molar-refractivity contribution in [1.82, 2.24) is 15.1 Å². The Morgan fingerprint density at radius 1 is 1.00 bits per heavy atom. The average Bonchev–Trinajstić information content (AvgIpc) is 2.34. The van der Waals surface area contributed by atoms with Gasteiger partial charge in [-0.15, -0.1) is 0 Å². The average molecular weight is 241 g/mol. The summed E-state index contributed by atoms with van der Waals surface area (Å²) in [4.78, 5) is 5.21.